The van der Waals surface area contributed by atoms with Crippen molar-refractivity contribution < 1.29 is 9.32 Å². The molecule has 0 aliphatic rings. The molecule has 0 saturated heterocycles. The van der Waals surface area contributed by atoms with E-state index in [0.29, 0.717) is 17.0 Å². The number of fused-ring (bicyclic) bond motifs is 1. The van der Waals surface area contributed by atoms with Crippen molar-refractivity contribution in [2.24, 2.45) is 0 Å². The zero-order valence-electron chi connectivity index (χ0n) is 12.7. The van der Waals surface area contributed by atoms with Crippen molar-refractivity contribution >= 4 is 34.4 Å². The summed E-state index contributed by atoms with van der Waals surface area (Å²) in [6.45, 7) is 2.01. The highest BCUT2D eigenvalue weighted by Gasteiger charge is 2.15. The Kier molecular flexibility index (Phi) is 3.55. The lowest BCUT2D eigenvalue weighted by Gasteiger charge is -2.02. The summed E-state index contributed by atoms with van der Waals surface area (Å²) in [5.41, 5.74) is 4.26. The van der Waals surface area contributed by atoms with Crippen LogP contribution in [0.1, 0.15) is 16.1 Å². The first kappa shape index (κ1) is 14.5. The molecule has 6 nitrogen and oxygen atoms in total. The van der Waals surface area contributed by atoms with Gasteiger partial charge in [0, 0.05) is 11.6 Å². The molecule has 0 atom stereocenters. The molecule has 1 amide bonds. The Morgan fingerprint density at radius 1 is 1.12 bits per heavy atom. The van der Waals surface area contributed by atoms with Crippen LogP contribution in [0.2, 0.25) is 0 Å². The Morgan fingerprint density at radius 2 is 1.96 bits per heavy atom. The van der Waals surface area contributed by atoms with Gasteiger partial charge in [-0.2, -0.15) is 8.75 Å². The number of nitrogens with one attached hydrogen (secondary N) is 1. The summed E-state index contributed by atoms with van der Waals surface area (Å²) in [5, 5.41) is 6.66. The minimum Gasteiger partial charge on any atom is -0.355 e. The molecule has 0 aliphatic heterocycles. The van der Waals surface area contributed by atoms with Crippen LogP contribution in [0.5, 0.6) is 0 Å². The Hall–Kier alpha value is -3.06. The maximum atomic E-state index is 12.4. The highest BCUT2D eigenvalue weighted by atomic mass is 32.1. The third-order valence-electron chi connectivity index (χ3n) is 3.61. The monoisotopic (exact) mass is 336 g/mol. The van der Waals surface area contributed by atoms with Crippen LogP contribution in [0.25, 0.3) is 22.4 Å². The molecular formula is C17H12N4O2S. The molecule has 4 rings (SSSR count). The highest BCUT2D eigenvalue weighted by Crippen LogP contribution is 2.23. The lowest BCUT2D eigenvalue weighted by Crippen LogP contribution is -2.12. The summed E-state index contributed by atoms with van der Waals surface area (Å²) in [4.78, 5) is 12.4. The van der Waals surface area contributed by atoms with Crippen molar-refractivity contribution in [3.63, 3.8) is 0 Å². The number of amides is 1. The molecular weight excluding hydrogens is 324 g/mol. The molecule has 4 aromatic rings. The molecule has 0 radical (unpaired) electrons. The number of carbonyl (C=O) groups is 1. The predicted octanol–water partition coefficient (Wildman–Crippen LogP) is 3.91. The van der Waals surface area contributed by atoms with Gasteiger partial charge < -0.3 is 9.84 Å². The Balaban J connectivity index is 1.59. The fourth-order valence-corrected chi connectivity index (χ4v) is 2.88. The van der Waals surface area contributed by atoms with E-state index in [2.05, 4.69) is 19.2 Å². The topological polar surface area (TPSA) is 80.9 Å². The number of anilines is 1. The van der Waals surface area contributed by atoms with E-state index in [0.717, 1.165) is 28.4 Å². The van der Waals surface area contributed by atoms with Gasteiger partial charge in [-0.25, -0.2) is 0 Å². The third kappa shape index (κ3) is 2.65. The molecule has 0 fully saturated rings. The summed E-state index contributed by atoms with van der Waals surface area (Å²) in [5.74, 6) is 0.200. The third-order valence-corrected chi connectivity index (χ3v) is 4.16. The first-order valence-corrected chi connectivity index (χ1v) is 8.00. The van der Waals surface area contributed by atoms with E-state index in [-0.39, 0.29) is 11.6 Å². The summed E-state index contributed by atoms with van der Waals surface area (Å²) in [6.07, 6.45) is 0. The molecule has 2 heterocycles. The van der Waals surface area contributed by atoms with Crippen molar-refractivity contribution in [3.05, 3.63) is 59.8 Å². The molecule has 0 bridgehead atoms. The quantitative estimate of drug-likeness (QED) is 0.613. The first-order valence-electron chi connectivity index (χ1n) is 7.27. The molecule has 2 aromatic heterocycles. The molecule has 24 heavy (non-hydrogen) atoms. The van der Waals surface area contributed by atoms with Gasteiger partial charge in [0.05, 0.1) is 17.4 Å². The van der Waals surface area contributed by atoms with Crippen molar-refractivity contribution in [3.8, 4) is 11.3 Å². The van der Waals surface area contributed by atoms with Crippen LogP contribution in [0.3, 0.4) is 0 Å². The van der Waals surface area contributed by atoms with Crippen LogP contribution >= 0.6 is 11.7 Å². The van der Waals surface area contributed by atoms with E-state index in [1.54, 1.807) is 12.1 Å². The van der Waals surface area contributed by atoms with Crippen molar-refractivity contribution in [2.45, 2.75) is 6.92 Å². The van der Waals surface area contributed by atoms with Crippen LogP contribution in [-0.4, -0.2) is 19.8 Å². The van der Waals surface area contributed by atoms with Crippen LogP contribution in [0.4, 0.5) is 5.69 Å². The number of rotatable bonds is 3. The van der Waals surface area contributed by atoms with Crippen molar-refractivity contribution in [2.75, 3.05) is 5.32 Å². The molecule has 1 N–H and O–H groups in total. The van der Waals surface area contributed by atoms with Gasteiger partial charge in [0.25, 0.3) is 5.91 Å². The van der Waals surface area contributed by atoms with Gasteiger partial charge >= 0.3 is 0 Å². The zero-order chi connectivity index (χ0) is 16.5. The Labute approximate surface area is 141 Å². The summed E-state index contributed by atoms with van der Waals surface area (Å²) < 4.78 is 13.6. The van der Waals surface area contributed by atoms with Gasteiger partial charge in [-0.3, -0.25) is 4.79 Å². The minimum absolute atomic E-state index is 0.214. The molecule has 0 unspecified atom stereocenters. The van der Waals surface area contributed by atoms with Gasteiger partial charge in [0.1, 0.15) is 11.0 Å². The summed E-state index contributed by atoms with van der Waals surface area (Å²) >= 11 is 1.11. The van der Waals surface area contributed by atoms with Gasteiger partial charge in [0.15, 0.2) is 11.5 Å². The maximum Gasteiger partial charge on any atom is 0.277 e. The number of benzene rings is 2. The molecule has 118 valence electrons. The van der Waals surface area contributed by atoms with Gasteiger partial charge in [-0.05, 0) is 19.1 Å². The average molecular weight is 336 g/mol. The Bertz CT molecular complexity index is 1020. The molecule has 2 aromatic carbocycles. The van der Waals surface area contributed by atoms with Gasteiger partial charge in [-0.1, -0.05) is 41.1 Å². The number of carbonyl (C=O) groups excluding carboxylic acids is 1. The fraction of sp³-hybridized carbons (Fsp3) is 0.0588. The number of aromatic nitrogens is 3. The molecule has 7 heteroatoms. The van der Waals surface area contributed by atoms with Gasteiger partial charge in [0.2, 0.25) is 0 Å². The smallest absolute Gasteiger partial charge is 0.277 e. The number of hydrogen-bond acceptors (Lipinski definition) is 6. The highest BCUT2D eigenvalue weighted by molar-refractivity contribution is 7.00. The lowest BCUT2D eigenvalue weighted by molar-refractivity contribution is 0.101. The second-order valence-electron chi connectivity index (χ2n) is 5.33. The van der Waals surface area contributed by atoms with E-state index >= 15 is 0 Å². The van der Waals surface area contributed by atoms with E-state index in [1.807, 2.05) is 43.3 Å². The summed E-state index contributed by atoms with van der Waals surface area (Å²) in [7, 11) is 0. The number of aryl methyl sites for hydroxylation is 1. The van der Waals surface area contributed by atoms with E-state index in [4.69, 9.17) is 4.52 Å². The second kappa shape index (κ2) is 5.86. The second-order valence-corrected chi connectivity index (χ2v) is 5.86. The van der Waals surface area contributed by atoms with Crippen LogP contribution in [0, 0.1) is 6.92 Å². The zero-order valence-corrected chi connectivity index (χ0v) is 13.5. The Morgan fingerprint density at radius 3 is 2.79 bits per heavy atom. The summed E-state index contributed by atoms with van der Waals surface area (Å²) in [6, 6.07) is 14.9. The number of hydrogen-bond donors (Lipinski definition) is 1. The first-order chi connectivity index (χ1) is 11.7. The fourth-order valence-electron chi connectivity index (χ4n) is 2.33. The SMILES string of the molecule is Cc1ccc(-c2cc(C(=O)Nc3cccc4nsnc34)no2)cc1. The largest absolute Gasteiger partial charge is 0.355 e. The van der Waals surface area contributed by atoms with E-state index < -0.39 is 0 Å². The van der Waals surface area contributed by atoms with Crippen LogP contribution in [0.15, 0.2) is 53.1 Å². The molecule has 0 aliphatic carbocycles. The van der Waals surface area contributed by atoms with E-state index in [1.165, 1.54) is 0 Å². The van der Waals surface area contributed by atoms with E-state index in [9.17, 15) is 4.79 Å². The average Bonchev–Trinajstić information content (AvgIpc) is 3.25. The maximum absolute atomic E-state index is 12.4. The van der Waals surface area contributed by atoms with Crippen molar-refractivity contribution in [1.29, 1.82) is 0 Å². The predicted molar refractivity (Wildman–Crippen MR) is 92.0 cm³/mol. The standard InChI is InChI=1S/C17H12N4O2S/c1-10-5-7-11(8-6-10)15-9-14(19-23-15)17(22)18-12-3-2-4-13-16(12)21-24-20-13/h2-9H,1H3,(H,18,22). The van der Waals surface area contributed by atoms with Gasteiger partial charge in [-0.15, -0.1) is 0 Å². The molecule has 0 saturated carbocycles. The number of nitrogens with zero attached hydrogens (tertiary/aromatic N) is 3. The van der Waals surface area contributed by atoms with Crippen molar-refractivity contribution in [1.82, 2.24) is 13.9 Å². The normalized spacial score (nSPS) is 10.9. The molecule has 0 spiro atoms. The van der Waals surface area contributed by atoms with Crippen LogP contribution < -0.4 is 5.32 Å². The van der Waals surface area contributed by atoms with Crippen LogP contribution in [-0.2, 0) is 0 Å². The minimum atomic E-state index is -0.349. The lowest BCUT2D eigenvalue weighted by atomic mass is 10.1.